The molecule has 10 heteroatoms. The van der Waals surface area contributed by atoms with Gasteiger partial charge in [0, 0.05) is 25.4 Å². The van der Waals surface area contributed by atoms with Crippen molar-refractivity contribution in [3.8, 4) is 11.5 Å². The van der Waals surface area contributed by atoms with Crippen LogP contribution in [0, 0.1) is 0 Å². The van der Waals surface area contributed by atoms with Gasteiger partial charge in [-0.2, -0.15) is 5.10 Å². The van der Waals surface area contributed by atoms with Crippen LogP contribution in [-0.4, -0.2) is 56.7 Å². The number of hydrogen-bond donors (Lipinski definition) is 1. The molecule has 0 bridgehead atoms. The number of thioether (sulfide) groups is 1. The van der Waals surface area contributed by atoms with Crippen LogP contribution in [0.15, 0.2) is 57.5 Å². The highest BCUT2D eigenvalue weighted by atomic mass is 32.2. The summed E-state index contributed by atoms with van der Waals surface area (Å²) < 4.78 is 36.9. The molecule has 0 saturated heterocycles. The molecule has 2 aliphatic rings. The first-order valence-corrected chi connectivity index (χ1v) is 11.3. The van der Waals surface area contributed by atoms with Gasteiger partial charge in [-0.1, -0.05) is 17.8 Å². The van der Waals surface area contributed by atoms with Gasteiger partial charge in [0.25, 0.3) is 0 Å². The van der Waals surface area contributed by atoms with E-state index in [-0.39, 0.29) is 4.90 Å². The lowest BCUT2D eigenvalue weighted by atomic mass is 10.1. The van der Waals surface area contributed by atoms with Crippen molar-refractivity contribution in [1.29, 1.82) is 0 Å². The van der Waals surface area contributed by atoms with Gasteiger partial charge in [-0.3, -0.25) is 5.43 Å². The molecule has 152 valence electrons. The summed E-state index contributed by atoms with van der Waals surface area (Å²) in [5.41, 5.74) is 5.31. The highest BCUT2D eigenvalue weighted by molar-refractivity contribution is 8.14. The van der Waals surface area contributed by atoms with Crippen molar-refractivity contribution in [1.82, 2.24) is 9.73 Å². The molecule has 2 aromatic carbocycles. The number of hydrogen-bond acceptors (Lipinski definition) is 7. The third-order valence-corrected chi connectivity index (χ3v) is 7.02. The predicted octanol–water partition coefficient (Wildman–Crippen LogP) is 2.44. The molecule has 0 atom stereocenters. The molecule has 0 fully saturated rings. The average molecular weight is 433 g/mol. The molecule has 0 aliphatic carbocycles. The van der Waals surface area contributed by atoms with Crippen LogP contribution < -0.4 is 14.9 Å². The number of nitrogens with one attached hydrogen (secondary N) is 1. The van der Waals surface area contributed by atoms with Gasteiger partial charge in [0.2, 0.25) is 10.0 Å². The monoisotopic (exact) mass is 432 g/mol. The number of hydrazone groups is 1. The summed E-state index contributed by atoms with van der Waals surface area (Å²) in [5.74, 6) is 2.09. The van der Waals surface area contributed by atoms with Crippen LogP contribution in [0.5, 0.6) is 11.5 Å². The van der Waals surface area contributed by atoms with Crippen molar-refractivity contribution in [2.75, 3.05) is 33.1 Å². The van der Waals surface area contributed by atoms with Gasteiger partial charge >= 0.3 is 0 Å². The number of fused-ring (bicyclic) bond motifs is 1. The number of rotatable bonds is 4. The molecule has 2 aromatic rings. The largest absolute Gasteiger partial charge is 0.486 e. The fourth-order valence-corrected chi connectivity index (χ4v) is 4.51. The van der Waals surface area contributed by atoms with E-state index in [0.29, 0.717) is 29.8 Å². The van der Waals surface area contributed by atoms with Crippen LogP contribution in [0.3, 0.4) is 0 Å². The Morgan fingerprint density at radius 1 is 1.10 bits per heavy atom. The number of ether oxygens (including phenoxy) is 2. The molecule has 0 amide bonds. The molecule has 0 spiro atoms. The first-order chi connectivity index (χ1) is 13.9. The van der Waals surface area contributed by atoms with Gasteiger partial charge in [0.1, 0.15) is 13.2 Å². The molecule has 0 saturated carbocycles. The lowest BCUT2D eigenvalue weighted by molar-refractivity contribution is 0.171. The minimum absolute atomic E-state index is 0.200. The predicted molar refractivity (Wildman–Crippen MR) is 114 cm³/mol. The van der Waals surface area contributed by atoms with Crippen molar-refractivity contribution >= 4 is 38.4 Å². The Morgan fingerprint density at radius 3 is 2.62 bits per heavy atom. The average Bonchev–Trinajstić information content (AvgIpc) is 2.74. The van der Waals surface area contributed by atoms with Gasteiger partial charge in [-0.05, 0) is 36.4 Å². The van der Waals surface area contributed by atoms with Crippen LogP contribution in [0.25, 0.3) is 0 Å². The summed E-state index contributed by atoms with van der Waals surface area (Å²) in [7, 11) is -0.504. The molecular formula is C19H20N4O4S2. The van der Waals surface area contributed by atoms with E-state index in [0.717, 1.165) is 22.8 Å². The number of nitrogens with zero attached hydrogens (tertiary/aromatic N) is 3. The number of sulfonamides is 1. The summed E-state index contributed by atoms with van der Waals surface area (Å²) in [6.07, 6.45) is 0. The van der Waals surface area contributed by atoms with Gasteiger partial charge in [0.15, 0.2) is 16.7 Å². The van der Waals surface area contributed by atoms with E-state index in [1.807, 2.05) is 18.2 Å². The maximum atomic E-state index is 12.3. The zero-order valence-corrected chi connectivity index (χ0v) is 17.6. The molecular weight excluding hydrogens is 412 g/mol. The van der Waals surface area contributed by atoms with Crippen LogP contribution in [0.2, 0.25) is 0 Å². The van der Waals surface area contributed by atoms with E-state index in [9.17, 15) is 8.42 Å². The normalized spacial score (nSPS) is 17.8. The van der Waals surface area contributed by atoms with E-state index in [2.05, 4.69) is 15.5 Å². The molecule has 0 aromatic heterocycles. The van der Waals surface area contributed by atoms with E-state index in [1.54, 1.807) is 24.3 Å². The fourth-order valence-electron chi connectivity index (χ4n) is 2.79. The van der Waals surface area contributed by atoms with E-state index in [4.69, 9.17) is 9.47 Å². The van der Waals surface area contributed by atoms with Crippen LogP contribution in [0.4, 0.5) is 5.69 Å². The Hall–Kier alpha value is -2.56. The van der Waals surface area contributed by atoms with Crippen molar-refractivity contribution in [3.05, 3.63) is 48.0 Å². The first-order valence-electron chi connectivity index (χ1n) is 8.90. The minimum atomic E-state index is -3.51. The topological polar surface area (TPSA) is 92.6 Å². The molecule has 2 heterocycles. The second-order valence-electron chi connectivity index (χ2n) is 6.52. The van der Waals surface area contributed by atoms with Crippen molar-refractivity contribution in [2.24, 2.45) is 10.1 Å². The Bertz CT molecular complexity index is 1100. The Morgan fingerprint density at radius 2 is 1.90 bits per heavy atom. The van der Waals surface area contributed by atoms with Crippen molar-refractivity contribution < 1.29 is 17.9 Å². The van der Waals surface area contributed by atoms with Crippen molar-refractivity contribution in [2.45, 2.75) is 4.90 Å². The molecule has 4 rings (SSSR count). The molecule has 2 aliphatic heterocycles. The smallest absolute Gasteiger partial charge is 0.242 e. The van der Waals surface area contributed by atoms with Gasteiger partial charge < -0.3 is 9.47 Å². The van der Waals surface area contributed by atoms with Gasteiger partial charge in [-0.25, -0.2) is 17.7 Å². The third-order valence-electron chi connectivity index (χ3n) is 4.33. The second kappa shape index (κ2) is 8.05. The maximum Gasteiger partial charge on any atom is 0.242 e. The standard InChI is InChI=1S/C19H20N4O4S2/c1-23(2)29(24,25)15-5-3-4-14(11-15)20-19-22-21-16(12-28-19)13-6-7-17-18(10-13)27-9-8-26-17/h3-7,10-11H,8-9,12H2,1-2H3,(H,20,22). The second-order valence-corrected chi connectivity index (χ2v) is 9.64. The van der Waals surface area contributed by atoms with Gasteiger partial charge in [0.05, 0.1) is 16.3 Å². The van der Waals surface area contributed by atoms with Crippen LogP contribution in [0.1, 0.15) is 5.56 Å². The molecule has 8 nitrogen and oxygen atoms in total. The van der Waals surface area contributed by atoms with E-state index < -0.39 is 10.0 Å². The lowest BCUT2D eigenvalue weighted by Crippen LogP contribution is -2.25. The summed E-state index contributed by atoms with van der Waals surface area (Å²) in [5, 5.41) is 5.02. The summed E-state index contributed by atoms with van der Waals surface area (Å²) in [6.45, 7) is 1.09. The van der Waals surface area contributed by atoms with Crippen LogP contribution in [-0.2, 0) is 10.0 Å². The highest BCUT2D eigenvalue weighted by Crippen LogP contribution is 2.31. The summed E-state index contributed by atoms with van der Waals surface area (Å²) in [6, 6.07) is 12.3. The Labute approximate surface area is 173 Å². The fraction of sp³-hybridized carbons (Fsp3) is 0.263. The molecule has 0 unspecified atom stereocenters. The summed E-state index contributed by atoms with van der Waals surface area (Å²) >= 11 is 1.49. The zero-order chi connectivity index (χ0) is 20.4. The highest BCUT2D eigenvalue weighted by Gasteiger charge is 2.19. The summed E-state index contributed by atoms with van der Waals surface area (Å²) in [4.78, 5) is 4.68. The zero-order valence-electron chi connectivity index (χ0n) is 16.0. The number of amidine groups is 1. The first kappa shape index (κ1) is 19.7. The minimum Gasteiger partial charge on any atom is -0.486 e. The molecule has 1 N–H and O–H groups in total. The van der Waals surface area contributed by atoms with Crippen molar-refractivity contribution in [3.63, 3.8) is 0 Å². The van der Waals surface area contributed by atoms with E-state index >= 15 is 0 Å². The molecule has 0 radical (unpaired) electrons. The SMILES string of the molecule is CN(C)S(=O)(=O)c1cccc(N=C2NN=C(c3ccc4c(c3)OCCO4)CS2)c1. The maximum absolute atomic E-state index is 12.3. The lowest BCUT2D eigenvalue weighted by Gasteiger charge is -2.20. The Kier molecular flexibility index (Phi) is 5.48. The Balaban J connectivity index is 1.52. The van der Waals surface area contributed by atoms with Gasteiger partial charge in [-0.15, -0.1) is 0 Å². The number of benzene rings is 2. The third kappa shape index (κ3) is 4.24. The number of aliphatic imine (C=N–C) groups is 1. The van der Waals surface area contributed by atoms with E-state index in [1.165, 1.54) is 30.2 Å². The molecule has 29 heavy (non-hydrogen) atoms. The quantitative estimate of drug-likeness (QED) is 0.798. The van der Waals surface area contributed by atoms with Crippen LogP contribution >= 0.6 is 11.8 Å².